The Hall–Kier alpha value is -3.28. The highest BCUT2D eigenvalue weighted by Gasteiger charge is 2.19. The number of aryl methyl sites for hydroxylation is 2. The predicted octanol–water partition coefficient (Wildman–Crippen LogP) is 3.23. The van der Waals surface area contributed by atoms with Crippen LogP contribution in [0.15, 0.2) is 53.3 Å². The summed E-state index contributed by atoms with van der Waals surface area (Å²) >= 11 is 0. The molecule has 0 saturated carbocycles. The second-order valence-corrected chi connectivity index (χ2v) is 6.58. The van der Waals surface area contributed by atoms with Crippen LogP contribution in [0.5, 0.6) is 0 Å². The van der Waals surface area contributed by atoms with Gasteiger partial charge in [-0.3, -0.25) is 14.4 Å². The summed E-state index contributed by atoms with van der Waals surface area (Å²) in [4.78, 5) is 43.6. The number of para-hydroxylation sites is 1. The number of ether oxygens (including phenoxy) is 1. The maximum atomic E-state index is 12.4. The Bertz CT molecular complexity index is 1050. The molecule has 1 unspecified atom stereocenters. The molecule has 6 heteroatoms. The standard InChI is InChI=1S/C22H22N2O4/c1-3-15-8-10-16(11-9-15)21(26)14(2)28-20(25)13-12-19-23-18-7-5-4-6-17(18)22(27)24-19/h4-11,14H,3,12-13H2,1-2H3,(H,23,24,27). The summed E-state index contributed by atoms with van der Waals surface area (Å²) in [6.07, 6.45) is 0.270. The van der Waals surface area contributed by atoms with Crippen molar-refractivity contribution in [1.29, 1.82) is 0 Å². The second-order valence-electron chi connectivity index (χ2n) is 6.58. The number of ketones is 1. The first-order valence-electron chi connectivity index (χ1n) is 9.28. The molecule has 0 aliphatic rings. The number of hydrogen-bond acceptors (Lipinski definition) is 5. The van der Waals surface area contributed by atoms with E-state index in [-0.39, 0.29) is 24.2 Å². The molecule has 0 fully saturated rings. The van der Waals surface area contributed by atoms with Gasteiger partial charge in [0.15, 0.2) is 6.10 Å². The maximum Gasteiger partial charge on any atom is 0.306 e. The molecule has 1 atom stereocenters. The minimum Gasteiger partial charge on any atom is -0.454 e. The van der Waals surface area contributed by atoms with Crippen LogP contribution in [0, 0.1) is 0 Å². The van der Waals surface area contributed by atoms with Crippen LogP contribution in [0.1, 0.15) is 42.0 Å². The molecule has 144 valence electrons. The number of carbonyl (C=O) groups excluding carboxylic acids is 2. The van der Waals surface area contributed by atoms with E-state index in [4.69, 9.17) is 4.74 Å². The Morgan fingerprint density at radius 3 is 2.54 bits per heavy atom. The number of H-pyrrole nitrogens is 1. The highest BCUT2D eigenvalue weighted by Crippen LogP contribution is 2.11. The Morgan fingerprint density at radius 1 is 1.11 bits per heavy atom. The van der Waals surface area contributed by atoms with Crippen molar-refractivity contribution in [3.63, 3.8) is 0 Å². The van der Waals surface area contributed by atoms with Crippen molar-refractivity contribution in [1.82, 2.24) is 9.97 Å². The van der Waals surface area contributed by atoms with Gasteiger partial charge in [0.2, 0.25) is 5.78 Å². The fourth-order valence-electron chi connectivity index (χ4n) is 2.92. The molecule has 3 rings (SSSR count). The molecule has 0 aliphatic heterocycles. The Kier molecular flexibility index (Phi) is 5.99. The van der Waals surface area contributed by atoms with Gasteiger partial charge in [-0.25, -0.2) is 4.98 Å². The molecule has 0 aliphatic carbocycles. The Labute approximate surface area is 162 Å². The van der Waals surface area contributed by atoms with Crippen molar-refractivity contribution in [3.05, 3.63) is 75.8 Å². The molecule has 1 N–H and O–H groups in total. The number of esters is 1. The summed E-state index contributed by atoms with van der Waals surface area (Å²) in [5.41, 5.74) is 1.98. The number of fused-ring (bicyclic) bond motifs is 1. The first kappa shape index (κ1) is 19.5. The fourth-order valence-corrected chi connectivity index (χ4v) is 2.92. The van der Waals surface area contributed by atoms with Crippen molar-refractivity contribution >= 4 is 22.7 Å². The molecule has 28 heavy (non-hydrogen) atoms. The Morgan fingerprint density at radius 2 is 1.82 bits per heavy atom. The monoisotopic (exact) mass is 378 g/mol. The van der Waals surface area contributed by atoms with Crippen LogP contribution in [-0.2, 0) is 22.4 Å². The number of nitrogens with one attached hydrogen (secondary N) is 1. The number of benzene rings is 2. The van der Waals surface area contributed by atoms with Crippen LogP contribution < -0.4 is 5.56 Å². The lowest BCUT2D eigenvalue weighted by atomic mass is 10.0. The fraction of sp³-hybridized carbons (Fsp3) is 0.273. The van der Waals surface area contributed by atoms with Gasteiger partial charge in [-0.1, -0.05) is 43.3 Å². The van der Waals surface area contributed by atoms with E-state index >= 15 is 0 Å². The van der Waals surface area contributed by atoms with Crippen LogP contribution in [0.4, 0.5) is 0 Å². The quantitative estimate of drug-likeness (QED) is 0.504. The zero-order valence-corrected chi connectivity index (χ0v) is 15.9. The lowest BCUT2D eigenvalue weighted by Crippen LogP contribution is -2.25. The summed E-state index contributed by atoms with van der Waals surface area (Å²) in [6.45, 7) is 3.60. The van der Waals surface area contributed by atoms with Gasteiger partial charge in [0.1, 0.15) is 5.82 Å². The molecule has 0 amide bonds. The number of nitrogens with zero attached hydrogens (tertiary/aromatic N) is 1. The van der Waals surface area contributed by atoms with Crippen molar-refractivity contribution in [3.8, 4) is 0 Å². The first-order chi connectivity index (χ1) is 13.5. The van der Waals surface area contributed by atoms with Crippen molar-refractivity contribution in [2.24, 2.45) is 0 Å². The lowest BCUT2D eigenvalue weighted by molar-refractivity contribution is -0.146. The third-order valence-electron chi connectivity index (χ3n) is 4.55. The van der Waals surface area contributed by atoms with E-state index < -0.39 is 12.1 Å². The first-order valence-corrected chi connectivity index (χ1v) is 9.28. The van der Waals surface area contributed by atoms with Gasteiger partial charge >= 0.3 is 5.97 Å². The average Bonchev–Trinajstić information content (AvgIpc) is 2.72. The van der Waals surface area contributed by atoms with Crippen LogP contribution in [0.3, 0.4) is 0 Å². The topological polar surface area (TPSA) is 89.1 Å². The van der Waals surface area contributed by atoms with Gasteiger partial charge in [-0.05, 0) is 31.0 Å². The highest BCUT2D eigenvalue weighted by molar-refractivity contribution is 6.00. The van der Waals surface area contributed by atoms with Gasteiger partial charge in [0.05, 0.1) is 17.3 Å². The van der Waals surface area contributed by atoms with Crippen molar-refractivity contribution in [2.75, 3.05) is 0 Å². The summed E-state index contributed by atoms with van der Waals surface area (Å²) in [6, 6.07) is 14.3. The number of carbonyl (C=O) groups is 2. The Balaban J connectivity index is 1.59. The molecule has 3 aromatic rings. The number of hydrogen-bond donors (Lipinski definition) is 1. The van der Waals surface area contributed by atoms with E-state index in [0.717, 1.165) is 12.0 Å². The zero-order chi connectivity index (χ0) is 20.1. The molecule has 0 spiro atoms. The summed E-state index contributed by atoms with van der Waals surface area (Å²) in [7, 11) is 0. The van der Waals surface area contributed by atoms with Crippen LogP contribution in [0.2, 0.25) is 0 Å². The van der Waals surface area contributed by atoms with Gasteiger partial charge in [0.25, 0.3) is 5.56 Å². The van der Waals surface area contributed by atoms with Crippen molar-refractivity contribution < 1.29 is 14.3 Å². The van der Waals surface area contributed by atoms with E-state index in [1.54, 1.807) is 43.3 Å². The van der Waals surface area contributed by atoms with E-state index in [2.05, 4.69) is 9.97 Å². The van der Waals surface area contributed by atoms with E-state index in [1.807, 2.05) is 19.1 Å². The van der Waals surface area contributed by atoms with Gasteiger partial charge in [-0.2, -0.15) is 0 Å². The summed E-state index contributed by atoms with van der Waals surface area (Å²) in [5, 5.41) is 0.502. The molecule has 1 aromatic heterocycles. The summed E-state index contributed by atoms with van der Waals surface area (Å²) in [5.74, 6) is -0.343. The summed E-state index contributed by atoms with van der Waals surface area (Å²) < 4.78 is 5.25. The maximum absolute atomic E-state index is 12.4. The molecule has 6 nitrogen and oxygen atoms in total. The zero-order valence-electron chi connectivity index (χ0n) is 15.9. The molecule has 0 saturated heterocycles. The van der Waals surface area contributed by atoms with E-state index in [9.17, 15) is 14.4 Å². The minimum atomic E-state index is -0.872. The highest BCUT2D eigenvalue weighted by atomic mass is 16.5. The van der Waals surface area contributed by atoms with Gasteiger partial charge < -0.3 is 9.72 Å². The molecule has 0 radical (unpaired) electrons. The third-order valence-corrected chi connectivity index (χ3v) is 4.55. The van der Waals surface area contributed by atoms with E-state index in [0.29, 0.717) is 22.3 Å². The predicted molar refractivity (Wildman–Crippen MR) is 106 cm³/mol. The average molecular weight is 378 g/mol. The van der Waals surface area contributed by atoms with Crippen LogP contribution in [0.25, 0.3) is 10.9 Å². The molecular weight excluding hydrogens is 356 g/mol. The largest absolute Gasteiger partial charge is 0.454 e. The van der Waals surface area contributed by atoms with E-state index in [1.165, 1.54) is 0 Å². The number of rotatable bonds is 7. The molecular formula is C22H22N2O4. The molecule has 0 bridgehead atoms. The smallest absolute Gasteiger partial charge is 0.306 e. The normalized spacial score (nSPS) is 11.9. The van der Waals surface area contributed by atoms with Crippen molar-refractivity contribution in [2.45, 2.75) is 39.2 Å². The van der Waals surface area contributed by atoms with Gasteiger partial charge in [-0.15, -0.1) is 0 Å². The minimum absolute atomic E-state index is 0.0215. The SMILES string of the molecule is CCc1ccc(C(=O)C(C)OC(=O)CCc2nc3ccccc3c(=O)[nH]2)cc1. The number of aromatic amines is 1. The molecule has 1 heterocycles. The number of aromatic nitrogens is 2. The lowest BCUT2D eigenvalue weighted by Gasteiger charge is -2.12. The van der Waals surface area contributed by atoms with Crippen LogP contribution in [-0.4, -0.2) is 27.8 Å². The van der Waals surface area contributed by atoms with Crippen LogP contribution >= 0.6 is 0 Å². The third kappa shape index (κ3) is 4.52. The van der Waals surface area contributed by atoms with Gasteiger partial charge in [0, 0.05) is 12.0 Å². The molecule has 2 aromatic carbocycles. The second kappa shape index (κ2) is 8.61. The number of Topliss-reactive ketones (excluding diaryl/α,β-unsaturated/α-hetero) is 1.